The zero-order valence-electron chi connectivity index (χ0n) is 11.5. The third-order valence-corrected chi connectivity index (χ3v) is 10.4. The van der Waals surface area contributed by atoms with Gasteiger partial charge in [-0.05, 0) is 17.4 Å². The summed E-state index contributed by atoms with van der Waals surface area (Å²) in [7, 11) is -0.328. The van der Waals surface area contributed by atoms with Crippen molar-refractivity contribution in [3.8, 4) is 0 Å². The van der Waals surface area contributed by atoms with Crippen LogP contribution in [-0.2, 0) is 0 Å². The van der Waals surface area contributed by atoms with E-state index < -0.39 is 0 Å². The first-order valence-corrected chi connectivity index (χ1v) is 11.3. The molecular formula is C15H29BrSi. The van der Waals surface area contributed by atoms with E-state index in [1.165, 1.54) is 23.7 Å². The Morgan fingerprint density at radius 1 is 0.941 bits per heavy atom. The minimum Gasteiger partial charge on any atom is -0.0925 e. The highest BCUT2D eigenvalue weighted by molar-refractivity contribution is 9.09. The topological polar surface area (TPSA) is 0 Å². The van der Waals surface area contributed by atoms with Crippen molar-refractivity contribution in [1.82, 2.24) is 0 Å². The maximum Gasteiger partial charge on any atom is 0.0399 e. The van der Waals surface area contributed by atoms with Gasteiger partial charge in [-0.3, -0.25) is 0 Å². The fourth-order valence-electron chi connectivity index (χ4n) is 4.17. The van der Waals surface area contributed by atoms with E-state index in [-0.39, 0.29) is 8.80 Å². The Morgan fingerprint density at radius 2 is 1.59 bits per heavy atom. The van der Waals surface area contributed by atoms with Gasteiger partial charge in [-0.2, -0.15) is 0 Å². The van der Waals surface area contributed by atoms with Crippen LogP contribution in [0, 0.1) is 11.8 Å². The van der Waals surface area contributed by atoms with Crippen molar-refractivity contribution in [2.24, 2.45) is 11.8 Å². The van der Waals surface area contributed by atoms with Gasteiger partial charge in [0.2, 0.25) is 0 Å². The van der Waals surface area contributed by atoms with Crippen molar-refractivity contribution in [3.05, 3.63) is 0 Å². The second kappa shape index (κ2) is 7.33. The number of alkyl halides is 1. The molecule has 1 heterocycles. The molecule has 0 atom stereocenters. The summed E-state index contributed by atoms with van der Waals surface area (Å²) in [6.45, 7) is 2.35. The second-order valence-electron chi connectivity index (χ2n) is 6.50. The molecule has 1 aliphatic carbocycles. The van der Waals surface area contributed by atoms with E-state index in [0.29, 0.717) is 0 Å². The van der Waals surface area contributed by atoms with Crippen molar-refractivity contribution in [2.75, 3.05) is 5.33 Å². The van der Waals surface area contributed by atoms with E-state index in [1.807, 2.05) is 0 Å². The van der Waals surface area contributed by atoms with Crippen LogP contribution in [0.15, 0.2) is 0 Å². The van der Waals surface area contributed by atoms with Crippen LogP contribution in [-0.4, -0.2) is 14.1 Å². The molecule has 0 aromatic rings. The molecule has 0 unspecified atom stereocenters. The summed E-state index contributed by atoms with van der Waals surface area (Å²) in [5.74, 6) is 2.12. The molecule has 0 N–H and O–H groups in total. The van der Waals surface area contributed by atoms with Crippen LogP contribution in [0.25, 0.3) is 0 Å². The van der Waals surface area contributed by atoms with Crippen LogP contribution in [0.1, 0.15) is 58.3 Å². The van der Waals surface area contributed by atoms with Crippen molar-refractivity contribution in [3.63, 3.8) is 0 Å². The van der Waals surface area contributed by atoms with Gasteiger partial charge in [0.25, 0.3) is 0 Å². The maximum absolute atomic E-state index is 3.67. The maximum atomic E-state index is 3.67. The zero-order chi connectivity index (χ0) is 12.1. The largest absolute Gasteiger partial charge is 0.0925 e. The van der Waals surface area contributed by atoms with Gasteiger partial charge in [-0.25, -0.2) is 0 Å². The van der Waals surface area contributed by atoms with Gasteiger partial charge >= 0.3 is 0 Å². The molecule has 2 heteroatoms. The average molecular weight is 317 g/mol. The fourth-order valence-corrected chi connectivity index (χ4v) is 9.18. The van der Waals surface area contributed by atoms with Crippen molar-refractivity contribution in [1.29, 1.82) is 0 Å². The third kappa shape index (κ3) is 4.09. The number of halogens is 1. The molecule has 100 valence electrons. The predicted octanol–water partition coefficient (Wildman–Crippen LogP) is 5.38. The van der Waals surface area contributed by atoms with Crippen LogP contribution in [0.2, 0.25) is 17.6 Å². The lowest BCUT2D eigenvalue weighted by Crippen LogP contribution is -2.29. The van der Waals surface area contributed by atoms with E-state index in [0.717, 1.165) is 11.8 Å². The van der Waals surface area contributed by atoms with Gasteiger partial charge in [-0.1, -0.05) is 86.3 Å². The average Bonchev–Trinajstić information content (AvgIpc) is 2.40. The van der Waals surface area contributed by atoms with E-state index in [2.05, 4.69) is 22.9 Å². The molecule has 0 aromatic carbocycles. The SMILES string of the molecule is CCC[C@H]1CC[C@H]([Si@H]2CC[C@H](CBr)CC2)CC1. The summed E-state index contributed by atoms with van der Waals surface area (Å²) in [5, 5.41) is 1.26. The van der Waals surface area contributed by atoms with Gasteiger partial charge in [0.05, 0.1) is 0 Å². The van der Waals surface area contributed by atoms with Crippen molar-refractivity contribution >= 4 is 24.7 Å². The van der Waals surface area contributed by atoms with E-state index in [9.17, 15) is 0 Å². The van der Waals surface area contributed by atoms with Gasteiger partial charge < -0.3 is 0 Å². The predicted molar refractivity (Wildman–Crippen MR) is 83.9 cm³/mol. The Kier molecular flexibility index (Phi) is 6.08. The quantitative estimate of drug-likeness (QED) is 0.482. The Bertz CT molecular complexity index is 203. The number of hydrogen-bond acceptors (Lipinski definition) is 0. The lowest BCUT2D eigenvalue weighted by molar-refractivity contribution is 0.331. The van der Waals surface area contributed by atoms with Crippen molar-refractivity contribution < 1.29 is 0 Å². The van der Waals surface area contributed by atoms with Gasteiger partial charge in [-0.15, -0.1) is 0 Å². The lowest BCUT2D eigenvalue weighted by atomic mass is 9.86. The molecule has 0 nitrogen and oxygen atoms in total. The molecular weight excluding hydrogens is 288 g/mol. The van der Waals surface area contributed by atoms with E-state index >= 15 is 0 Å². The highest BCUT2D eigenvalue weighted by Crippen LogP contribution is 2.42. The minimum absolute atomic E-state index is 0.328. The summed E-state index contributed by atoms with van der Waals surface area (Å²) >= 11 is 3.67. The summed E-state index contributed by atoms with van der Waals surface area (Å²) in [4.78, 5) is 0. The number of rotatable bonds is 4. The molecule has 0 amide bonds. The molecule has 0 bridgehead atoms. The van der Waals surface area contributed by atoms with Crippen molar-refractivity contribution in [2.45, 2.75) is 75.9 Å². The minimum atomic E-state index is -0.328. The summed E-state index contributed by atoms with van der Waals surface area (Å²) in [5.41, 5.74) is 1.24. The highest BCUT2D eigenvalue weighted by atomic mass is 79.9. The van der Waals surface area contributed by atoms with E-state index in [1.54, 1.807) is 50.6 Å². The Hall–Kier alpha value is 0.697. The fraction of sp³-hybridized carbons (Fsp3) is 1.00. The van der Waals surface area contributed by atoms with Gasteiger partial charge in [0.15, 0.2) is 0 Å². The molecule has 2 aliphatic rings. The standard InChI is InChI=1S/C15H29BrSi/c1-2-3-13-4-6-15(7-5-13)17-10-8-14(12-16)9-11-17/h13-15,17H,2-12H2,1H3/t13-,14-,15-,17-. The van der Waals surface area contributed by atoms with Crippen LogP contribution in [0.4, 0.5) is 0 Å². The third-order valence-electron chi connectivity index (χ3n) is 5.36. The molecule has 2 rings (SSSR count). The first-order chi connectivity index (χ1) is 8.33. The zero-order valence-corrected chi connectivity index (χ0v) is 14.2. The molecule has 1 saturated carbocycles. The Balaban J connectivity index is 1.70. The molecule has 17 heavy (non-hydrogen) atoms. The molecule has 1 aliphatic heterocycles. The van der Waals surface area contributed by atoms with Crippen LogP contribution < -0.4 is 0 Å². The normalized spacial score (nSPS) is 39.2. The Labute approximate surface area is 118 Å². The summed E-state index contributed by atoms with van der Waals surface area (Å²) in [6.07, 6.45) is 12.4. The molecule has 1 saturated heterocycles. The van der Waals surface area contributed by atoms with Crippen LogP contribution in [0.5, 0.6) is 0 Å². The molecule has 0 radical (unpaired) electrons. The molecule has 0 spiro atoms. The smallest absolute Gasteiger partial charge is 0.0399 e. The monoisotopic (exact) mass is 316 g/mol. The lowest BCUT2D eigenvalue weighted by Gasteiger charge is -2.36. The summed E-state index contributed by atoms with van der Waals surface area (Å²) < 4.78 is 0. The molecule has 0 aromatic heterocycles. The Morgan fingerprint density at radius 3 is 2.12 bits per heavy atom. The second-order valence-corrected chi connectivity index (χ2v) is 10.8. The van der Waals surface area contributed by atoms with Crippen LogP contribution >= 0.6 is 15.9 Å². The molecule has 2 fully saturated rings. The summed E-state index contributed by atoms with van der Waals surface area (Å²) in [6, 6.07) is 3.33. The number of hydrogen-bond donors (Lipinski definition) is 0. The van der Waals surface area contributed by atoms with Gasteiger partial charge in [0, 0.05) is 14.1 Å². The van der Waals surface area contributed by atoms with Crippen LogP contribution in [0.3, 0.4) is 0 Å². The highest BCUT2D eigenvalue weighted by Gasteiger charge is 2.31. The first-order valence-electron chi connectivity index (χ1n) is 7.89. The first kappa shape index (κ1) is 14.1. The van der Waals surface area contributed by atoms with Gasteiger partial charge in [0.1, 0.15) is 0 Å². The van der Waals surface area contributed by atoms with E-state index in [4.69, 9.17) is 0 Å².